The molecule has 1 aromatic carbocycles. The molecule has 0 bridgehead atoms. The second kappa shape index (κ2) is 5.16. The van der Waals surface area contributed by atoms with E-state index >= 15 is 0 Å². The molecule has 2 atom stereocenters. The number of ether oxygens (including phenoxy) is 1. The van der Waals surface area contributed by atoms with Crippen LogP contribution in [0, 0.1) is 0 Å². The summed E-state index contributed by atoms with van der Waals surface area (Å²) in [4.78, 5) is 10.9. The lowest BCUT2D eigenvalue weighted by molar-refractivity contribution is -0.142. The van der Waals surface area contributed by atoms with E-state index in [1.54, 1.807) is 18.2 Å². The molecule has 1 aromatic rings. The van der Waals surface area contributed by atoms with Crippen molar-refractivity contribution < 1.29 is 19.7 Å². The summed E-state index contributed by atoms with van der Waals surface area (Å²) in [5.74, 6) is -0.700. The van der Waals surface area contributed by atoms with Crippen molar-refractivity contribution in [1.82, 2.24) is 5.32 Å². The van der Waals surface area contributed by atoms with Gasteiger partial charge < -0.3 is 20.3 Å². The fourth-order valence-electron chi connectivity index (χ4n) is 1.95. The van der Waals surface area contributed by atoms with Crippen molar-refractivity contribution >= 4 is 5.97 Å². The molecule has 1 heterocycles. The van der Waals surface area contributed by atoms with Crippen LogP contribution in [0.1, 0.15) is 12.0 Å². The minimum Gasteiger partial charge on any atom is -0.508 e. The first-order chi connectivity index (χ1) is 8.16. The lowest BCUT2D eigenvalue weighted by Gasteiger charge is -2.16. The number of hydrogen-bond donors (Lipinski definition) is 3. The number of aliphatic carboxylic acids is 1. The molecule has 92 valence electrons. The minimum absolute atomic E-state index is 0.186. The standard InChI is InChI=1S/C12H15NO4/c14-9-3-1-2-8(6-9)7-17-10-4-5-13-11(10)12(15)16/h1-3,6,10-11,13-14H,4-5,7H2,(H,15,16)/t10-,11-/m0/s1. The number of phenols is 1. The number of carboxylic acids is 1. The zero-order valence-electron chi connectivity index (χ0n) is 9.30. The number of nitrogens with one attached hydrogen (secondary N) is 1. The van der Waals surface area contributed by atoms with E-state index in [1.165, 1.54) is 0 Å². The molecule has 17 heavy (non-hydrogen) atoms. The van der Waals surface area contributed by atoms with Gasteiger partial charge in [0.2, 0.25) is 0 Å². The maximum absolute atomic E-state index is 10.9. The second-order valence-corrected chi connectivity index (χ2v) is 4.08. The normalized spacial score (nSPS) is 23.8. The van der Waals surface area contributed by atoms with E-state index in [0.29, 0.717) is 19.6 Å². The van der Waals surface area contributed by atoms with E-state index in [1.807, 2.05) is 6.07 Å². The molecule has 0 spiro atoms. The smallest absolute Gasteiger partial charge is 0.323 e. The Morgan fingerprint density at radius 3 is 3.06 bits per heavy atom. The Kier molecular flexibility index (Phi) is 3.61. The van der Waals surface area contributed by atoms with Crippen molar-refractivity contribution in [2.45, 2.75) is 25.2 Å². The summed E-state index contributed by atoms with van der Waals surface area (Å²) in [6.45, 7) is 0.964. The highest BCUT2D eigenvalue weighted by Crippen LogP contribution is 2.16. The van der Waals surface area contributed by atoms with Gasteiger partial charge in [-0.3, -0.25) is 4.79 Å². The lowest BCUT2D eigenvalue weighted by Crippen LogP contribution is -2.39. The second-order valence-electron chi connectivity index (χ2n) is 4.08. The highest BCUT2D eigenvalue weighted by Gasteiger charge is 2.33. The molecular weight excluding hydrogens is 222 g/mol. The van der Waals surface area contributed by atoms with Gasteiger partial charge in [-0.05, 0) is 30.7 Å². The van der Waals surface area contributed by atoms with Gasteiger partial charge in [0.1, 0.15) is 11.8 Å². The van der Waals surface area contributed by atoms with Crippen LogP contribution in [-0.4, -0.2) is 34.9 Å². The molecule has 0 amide bonds. The Balaban J connectivity index is 1.91. The molecule has 5 heteroatoms. The van der Waals surface area contributed by atoms with Gasteiger partial charge in [-0.2, -0.15) is 0 Å². The first kappa shape index (κ1) is 11.9. The Morgan fingerprint density at radius 1 is 1.53 bits per heavy atom. The quantitative estimate of drug-likeness (QED) is 0.719. The van der Waals surface area contributed by atoms with Crippen molar-refractivity contribution in [2.75, 3.05) is 6.54 Å². The highest BCUT2D eigenvalue weighted by atomic mass is 16.5. The maximum Gasteiger partial charge on any atom is 0.323 e. The molecule has 1 aliphatic rings. The molecule has 0 aromatic heterocycles. The Labute approximate surface area is 99.0 Å². The minimum atomic E-state index is -0.886. The van der Waals surface area contributed by atoms with Gasteiger partial charge in [0.15, 0.2) is 0 Å². The van der Waals surface area contributed by atoms with E-state index in [2.05, 4.69) is 5.32 Å². The molecule has 0 radical (unpaired) electrons. The fourth-order valence-corrected chi connectivity index (χ4v) is 1.95. The molecule has 5 nitrogen and oxygen atoms in total. The molecule has 1 saturated heterocycles. The van der Waals surface area contributed by atoms with Gasteiger partial charge in [0, 0.05) is 0 Å². The van der Waals surface area contributed by atoms with Crippen LogP contribution in [0.2, 0.25) is 0 Å². The molecule has 0 saturated carbocycles. The number of aromatic hydroxyl groups is 1. The average molecular weight is 237 g/mol. The Bertz CT molecular complexity index is 407. The topological polar surface area (TPSA) is 78.8 Å². The van der Waals surface area contributed by atoms with E-state index < -0.39 is 12.0 Å². The average Bonchev–Trinajstić information content (AvgIpc) is 2.74. The van der Waals surface area contributed by atoms with Crippen LogP contribution in [-0.2, 0) is 16.1 Å². The highest BCUT2D eigenvalue weighted by molar-refractivity contribution is 5.74. The van der Waals surface area contributed by atoms with Crippen molar-refractivity contribution in [1.29, 1.82) is 0 Å². The van der Waals surface area contributed by atoms with Crippen molar-refractivity contribution in [3.05, 3.63) is 29.8 Å². The summed E-state index contributed by atoms with van der Waals surface area (Å²) in [5, 5.41) is 21.1. The molecular formula is C12H15NO4. The Morgan fingerprint density at radius 2 is 2.35 bits per heavy atom. The van der Waals surface area contributed by atoms with Crippen molar-refractivity contribution in [3.8, 4) is 5.75 Å². The first-order valence-electron chi connectivity index (χ1n) is 5.52. The van der Waals surface area contributed by atoms with Gasteiger partial charge in [0.05, 0.1) is 12.7 Å². The maximum atomic E-state index is 10.9. The van der Waals surface area contributed by atoms with Crippen LogP contribution in [0.4, 0.5) is 0 Å². The van der Waals surface area contributed by atoms with Gasteiger partial charge in [-0.15, -0.1) is 0 Å². The third kappa shape index (κ3) is 2.95. The molecule has 3 N–H and O–H groups in total. The predicted molar refractivity (Wildman–Crippen MR) is 60.7 cm³/mol. The molecule has 1 aliphatic heterocycles. The molecule has 1 fully saturated rings. The van der Waals surface area contributed by atoms with E-state index in [0.717, 1.165) is 5.56 Å². The van der Waals surface area contributed by atoms with E-state index in [9.17, 15) is 9.90 Å². The van der Waals surface area contributed by atoms with Crippen LogP contribution in [0.3, 0.4) is 0 Å². The summed E-state index contributed by atoms with van der Waals surface area (Å²) in [6, 6.07) is 6.12. The number of rotatable bonds is 4. The van der Waals surface area contributed by atoms with Crippen LogP contribution in [0.5, 0.6) is 5.75 Å². The van der Waals surface area contributed by atoms with Crippen LogP contribution >= 0.6 is 0 Å². The molecule has 0 aliphatic carbocycles. The van der Waals surface area contributed by atoms with Crippen molar-refractivity contribution in [2.24, 2.45) is 0 Å². The fraction of sp³-hybridized carbons (Fsp3) is 0.417. The zero-order chi connectivity index (χ0) is 12.3. The van der Waals surface area contributed by atoms with Gasteiger partial charge in [0.25, 0.3) is 0 Å². The van der Waals surface area contributed by atoms with E-state index in [-0.39, 0.29) is 11.9 Å². The zero-order valence-corrected chi connectivity index (χ0v) is 9.30. The van der Waals surface area contributed by atoms with Crippen LogP contribution in [0.15, 0.2) is 24.3 Å². The number of carbonyl (C=O) groups is 1. The first-order valence-corrected chi connectivity index (χ1v) is 5.52. The monoisotopic (exact) mass is 237 g/mol. The van der Waals surface area contributed by atoms with Crippen molar-refractivity contribution in [3.63, 3.8) is 0 Å². The number of hydrogen-bond acceptors (Lipinski definition) is 4. The molecule has 0 unspecified atom stereocenters. The largest absolute Gasteiger partial charge is 0.508 e. The summed E-state index contributed by atoms with van der Waals surface area (Å²) in [5.41, 5.74) is 0.834. The number of benzene rings is 1. The van der Waals surface area contributed by atoms with Gasteiger partial charge in [-0.1, -0.05) is 12.1 Å². The third-order valence-corrected chi connectivity index (χ3v) is 2.81. The SMILES string of the molecule is O=C(O)[C@H]1NCC[C@@H]1OCc1cccc(O)c1. The Hall–Kier alpha value is -1.59. The lowest BCUT2D eigenvalue weighted by atomic mass is 10.1. The van der Waals surface area contributed by atoms with Gasteiger partial charge >= 0.3 is 5.97 Å². The predicted octanol–water partition coefficient (Wildman–Crippen LogP) is 0.724. The van der Waals surface area contributed by atoms with Gasteiger partial charge in [-0.25, -0.2) is 0 Å². The summed E-state index contributed by atoms with van der Waals surface area (Å²) < 4.78 is 5.56. The van der Waals surface area contributed by atoms with E-state index in [4.69, 9.17) is 9.84 Å². The third-order valence-electron chi connectivity index (χ3n) is 2.81. The van der Waals surface area contributed by atoms with Crippen LogP contribution in [0.25, 0.3) is 0 Å². The van der Waals surface area contributed by atoms with Crippen LogP contribution < -0.4 is 5.32 Å². The summed E-state index contributed by atoms with van der Waals surface area (Å²) in [7, 11) is 0. The summed E-state index contributed by atoms with van der Waals surface area (Å²) in [6.07, 6.45) is 0.380. The number of phenolic OH excluding ortho intramolecular Hbond substituents is 1. The summed E-state index contributed by atoms with van der Waals surface area (Å²) >= 11 is 0. The number of carboxylic acid groups (broad SMARTS) is 1. The molecule has 2 rings (SSSR count).